The van der Waals surface area contributed by atoms with Crippen LogP contribution in [-0.2, 0) is 16.0 Å². The maximum absolute atomic E-state index is 6.41. The molecular formula is C24H26N2O3. The van der Waals surface area contributed by atoms with E-state index in [1.807, 2.05) is 54.1 Å². The summed E-state index contributed by atoms with van der Waals surface area (Å²) in [6, 6.07) is 9.79. The fourth-order valence-electron chi connectivity index (χ4n) is 3.47. The van der Waals surface area contributed by atoms with Gasteiger partial charge in [0.2, 0.25) is 0 Å². The van der Waals surface area contributed by atoms with Gasteiger partial charge in [-0.25, -0.2) is 4.98 Å². The zero-order valence-electron chi connectivity index (χ0n) is 16.7. The monoisotopic (exact) mass is 390 g/mol. The summed E-state index contributed by atoms with van der Waals surface area (Å²) in [5, 5.41) is 0. The Morgan fingerprint density at radius 2 is 2.17 bits per heavy atom. The molecule has 0 saturated carbocycles. The second-order valence-corrected chi connectivity index (χ2v) is 7.39. The highest BCUT2D eigenvalue weighted by atomic mass is 16.8. The first-order valence-corrected chi connectivity index (χ1v) is 9.97. The van der Waals surface area contributed by atoms with Gasteiger partial charge in [-0.2, -0.15) is 0 Å². The molecule has 1 aliphatic carbocycles. The molecule has 1 aliphatic heterocycles. The molecule has 2 aromatic rings. The number of para-hydroxylation sites is 1. The van der Waals surface area contributed by atoms with E-state index in [2.05, 4.69) is 28.9 Å². The van der Waals surface area contributed by atoms with Crippen LogP contribution < -0.4 is 4.74 Å². The summed E-state index contributed by atoms with van der Waals surface area (Å²) in [7, 11) is 0. The second-order valence-electron chi connectivity index (χ2n) is 7.39. The van der Waals surface area contributed by atoms with Gasteiger partial charge >= 0.3 is 0 Å². The van der Waals surface area contributed by atoms with E-state index >= 15 is 0 Å². The predicted molar refractivity (Wildman–Crippen MR) is 111 cm³/mol. The predicted octanol–water partition coefficient (Wildman–Crippen LogP) is 4.45. The van der Waals surface area contributed by atoms with Crippen molar-refractivity contribution in [1.82, 2.24) is 9.55 Å². The highest BCUT2D eigenvalue weighted by molar-refractivity contribution is 5.33. The molecule has 150 valence electrons. The molecule has 1 fully saturated rings. The average molecular weight is 390 g/mol. The summed E-state index contributed by atoms with van der Waals surface area (Å²) in [4.78, 5) is 4.15. The summed E-state index contributed by atoms with van der Waals surface area (Å²) in [6.45, 7) is 3.62. The lowest BCUT2D eigenvalue weighted by Crippen LogP contribution is -2.37. The summed E-state index contributed by atoms with van der Waals surface area (Å²) >= 11 is 0. The Hall–Kier alpha value is -2.85. The van der Waals surface area contributed by atoms with Gasteiger partial charge in [0.25, 0.3) is 0 Å². The van der Waals surface area contributed by atoms with E-state index in [4.69, 9.17) is 14.2 Å². The van der Waals surface area contributed by atoms with Crippen LogP contribution in [0, 0.1) is 0 Å². The van der Waals surface area contributed by atoms with Crippen molar-refractivity contribution in [3.63, 3.8) is 0 Å². The van der Waals surface area contributed by atoms with Crippen LogP contribution in [0.1, 0.15) is 19.8 Å². The molecule has 1 aromatic heterocycles. The quantitative estimate of drug-likeness (QED) is 0.625. The van der Waals surface area contributed by atoms with Gasteiger partial charge in [-0.15, -0.1) is 5.73 Å². The Bertz CT molecular complexity index is 924. The van der Waals surface area contributed by atoms with Crippen molar-refractivity contribution < 1.29 is 14.2 Å². The largest absolute Gasteiger partial charge is 0.491 e. The topological polar surface area (TPSA) is 45.5 Å². The summed E-state index contributed by atoms with van der Waals surface area (Å²) in [6.07, 6.45) is 15.3. The molecule has 5 heteroatoms. The normalized spacial score (nSPS) is 23.6. The maximum atomic E-state index is 6.41. The lowest BCUT2D eigenvalue weighted by atomic mass is 10.0. The molecule has 1 aromatic carbocycles. The van der Waals surface area contributed by atoms with Gasteiger partial charge in [0, 0.05) is 18.8 Å². The van der Waals surface area contributed by atoms with Gasteiger partial charge in [0.1, 0.15) is 18.5 Å². The highest BCUT2D eigenvalue weighted by Crippen LogP contribution is 2.32. The molecule has 4 rings (SSSR count). The minimum absolute atomic E-state index is 0.110. The van der Waals surface area contributed by atoms with E-state index in [9.17, 15) is 0 Å². The Morgan fingerprint density at radius 1 is 1.28 bits per heavy atom. The van der Waals surface area contributed by atoms with Crippen LogP contribution in [0.2, 0.25) is 0 Å². The van der Waals surface area contributed by atoms with E-state index < -0.39 is 5.79 Å². The molecule has 2 heterocycles. The molecule has 1 saturated heterocycles. The van der Waals surface area contributed by atoms with E-state index in [0.29, 0.717) is 19.8 Å². The molecule has 0 bridgehead atoms. The molecule has 2 atom stereocenters. The van der Waals surface area contributed by atoms with Gasteiger partial charge in [-0.1, -0.05) is 36.4 Å². The Labute approximate surface area is 171 Å². The van der Waals surface area contributed by atoms with Gasteiger partial charge in [-0.05, 0) is 42.7 Å². The number of benzene rings is 1. The van der Waals surface area contributed by atoms with Crippen molar-refractivity contribution in [2.45, 2.75) is 38.2 Å². The minimum Gasteiger partial charge on any atom is -0.491 e. The Kier molecular flexibility index (Phi) is 6.11. The summed E-state index contributed by atoms with van der Waals surface area (Å²) in [5.41, 5.74) is 5.58. The van der Waals surface area contributed by atoms with Crippen LogP contribution in [0.3, 0.4) is 0 Å². The summed E-state index contributed by atoms with van der Waals surface area (Å²) < 4.78 is 20.5. The van der Waals surface area contributed by atoms with Crippen LogP contribution in [-0.4, -0.2) is 34.7 Å². The molecule has 0 amide bonds. The fourth-order valence-corrected chi connectivity index (χ4v) is 3.47. The van der Waals surface area contributed by atoms with Crippen molar-refractivity contribution in [1.29, 1.82) is 0 Å². The lowest BCUT2D eigenvalue weighted by Gasteiger charge is -2.29. The van der Waals surface area contributed by atoms with E-state index in [-0.39, 0.29) is 6.10 Å². The number of allylic oxidation sites excluding steroid dienone is 5. The first-order valence-electron chi connectivity index (χ1n) is 9.97. The molecular weight excluding hydrogens is 364 g/mol. The molecule has 0 unspecified atom stereocenters. The zero-order valence-corrected chi connectivity index (χ0v) is 16.7. The first kappa shape index (κ1) is 19.5. The fraction of sp³-hybridized carbons (Fsp3) is 0.333. The zero-order chi connectivity index (χ0) is 19.9. The number of ether oxygens (including phenoxy) is 3. The van der Waals surface area contributed by atoms with Crippen molar-refractivity contribution in [2.24, 2.45) is 0 Å². The number of nitrogens with zero attached hydrogens (tertiary/aromatic N) is 2. The number of rotatable bonds is 8. The third kappa shape index (κ3) is 5.36. The third-order valence-electron chi connectivity index (χ3n) is 5.03. The highest BCUT2D eigenvalue weighted by Gasteiger charge is 2.42. The lowest BCUT2D eigenvalue weighted by molar-refractivity contribution is -0.184. The van der Waals surface area contributed by atoms with Crippen molar-refractivity contribution >= 4 is 0 Å². The van der Waals surface area contributed by atoms with Crippen molar-refractivity contribution in [2.75, 3.05) is 13.2 Å². The Balaban J connectivity index is 1.40. The number of imidazole rings is 1. The maximum Gasteiger partial charge on any atom is 0.187 e. The molecule has 2 aliphatic rings. The van der Waals surface area contributed by atoms with Crippen molar-refractivity contribution in [3.8, 4) is 5.75 Å². The first-order chi connectivity index (χ1) is 14.2. The average Bonchev–Trinajstić information content (AvgIpc) is 3.34. The van der Waals surface area contributed by atoms with Gasteiger partial charge in [0.05, 0.1) is 19.5 Å². The van der Waals surface area contributed by atoms with Crippen LogP contribution in [0.4, 0.5) is 0 Å². The smallest absolute Gasteiger partial charge is 0.187 e. The summed E-state index contributed by atoms with van der Waals surface area (Å²) in [5.74, 6) is 0.144. The van der Waals surface area contributed by atoms with Crippen molar-refractivity contribution in [3.05, 3.63) is 90.2 Å². The van der Waals surface area contributed by atoms with E-state index in [0.717, 1.165) is 24.2 Å². The second kappa shape index (κ2) is 9.10. The molecule has 29 heavy (non-hydrogen) atoms. The van der Waals surface area contributed by atoms with Gasteiger partial charge < -0.3 is 18.8 Å². The number of hydrogen-bond acceptors (Lipinski definition) is 4. The minimum atomic E-state index is -0.696. The third-order valence-corrected chi connectivity index (χ3v) is 5.03. The van der Waals surface area contributed by atoms with E-state index in [1.165, 1.54) is 5.57 Å². The number of hydrogen-bond donors (Lipinski definition) is 0. The van der Waals surface area contributed by atoms with E-state index in [1.54, 1.807) is 12.5 Å². The van der Waals surface area contributed by atoms with Crippen LogP contribution >= 0.6 is 0 Å². The molecule has 0 N–H and O–H groups in total. The van der Waals surface area contributed by atoms with Gasteiger partial charge in [0.15, 0.2) is 5.79 Å². The van der Waals surface area contributed by atoms with Gasteiger partial charge in [-0.3, -0.25) is 0 Å². The van der Waals surface area contributed by atoms with Crippen LogP contribution in [0.5, 0.6) is 5.75 Å². The standard InChI is InChI=1S/C24H26N2O3/c1-20-6-5-7-21(11-10-20)12-13-24(18-26-15-14-25-19-26)28-17-23(29-24)16-27-22-8-3-2-4-9-22/h2-5,7-11,14-15,19,23H,12-13,16-18H2,1H3/t23-,24-/m1/s1. The van der Waals surface area contributed by atoms with Crippen LogP contribution in [0.15, 0.2) is 90.2 Å². The molecule has 5 nitrogen and oxygen atoms in total. The number of aromatic nitrogens is 2. The SMILES string of the molecule is CC1=C=CC=C(CC[C@@]2(Cn3ccnc3)OC[C@@H](COc3ccccc3)O2)C=C1. The Morgan fingerprint density at radius 3 is 3.00 bits per heavy atom. The molecule has 0 radical (unpaired) electrons. The molecule has 0 spiro atoms. The van der Waals surface area contributed by atoms with Crippen LogP contribution in [0.25, 0.3) is 0 Å².